The average Bonchev–Trinajstić information content (AvgIpc) is 2.98. The van der Waals surface area contributed by atoms with Crippen molar-refractivity contribution in [2.24, 2.45) is 5.41 Å². The molecule has 14 heavy (non-hydrogen) atoms. The highest BCUT2D eigenvalue weighted by Crippen LogP contribution is 2.31. The summed E-state index contributed by atoms with van der Waals surface area (Å²) in [7, 11) is 2.06. The second-order valence-electron chi connectivity index (χ2n) is 4.99. The highest BCUT2D eigenvalue weighted by molar-refractivity contribution is 4.88. The number of nitrogens with zero attached hydrogens (tertiary/aromatic N) is 1. The van der Waals surface area contributed by atoms with Crippen LogP contribution in [-0.4, -0.2) is 37.6 Å². The van der Waals surface area contributed by atoms with Crippen LogP contribution in [0.15, 0.2) is 0 Å². The lowest BCUT2D eigenvalue weighted by Gasteiger charge is -2.34. The van der Waals surface area contributed by atoms with Crippen molar-refractivity contribution in [1.29, 1.82) is 0 Å². The summed E-state index contributed by atoms with van der Waals surface area (Å²) in [6.45, 7) is 10.6. The third-order valence-electron chi connectivity index (χ3n) is 3.51. The third kappa shape index (κ3) is 3.25. The Hall–Kier alpha value is -0.0800. The molecular formula is C12H26N2. The van der Waals surface area contributed by atoms with Gasteiger partial charge in [-0.05, 0) is 38.3 Å². The maximum atomic E-state index is 3.32. The van der Waals surface area contributed by atoms with Crippen molar-refractivity contribution in [3.05, 3.63) is 0 Å². The van der Waals surface area contributed by atoms with Crippen LogP contribution in [-0.2, 0) is 0 Å². The van der Waals surface area contributed by atoms with E-state index >= 15 is 0 Å². The van der Waals surface area contributed by atoms with E-state index in [2.05, 4.69) is 38.0 Å². The molecule has 1 fully saturated rings. The fraction of sp³-hybridized carbons (Fsp3) is 1.00. The Morgan fingerprint density at radius 2 is 2.00 bits per heavy atom. The largest absolute Gasteiger partial charge is 0.319 e. The highest BCUT2D eigenvalue weighted by Gasteiger charge is 2.32. The predicted molar refractivity (Wildman–Crippen MR) is 62.6 cm³/mol. The average molecular weight is 198 g/mol. The summed E-state index contributed by atoms with van der Waals surface area (Å²) in [4.78, 5) is 2.65. The Morgan fingerprint density at radius 1 is 1.36 bits per heavy atom. The van der Waals surface area contributed by atoms with Crippen LogP contribution in [0.4, 0.5) is 0 Å². The molecule has 0 heterocycles. The molecule has 2 heteroatoms. The van der Waals surface area contributed by atoms with Gasteiger partial charge in [-0.3, -0.25) is 0 Å². The molecule has 0 aromatic rings. The number of nitrogens with one attached hydrogen (secondary N) is 1. The second-order valence-corrected chi connectivity index (χ2v) is 4.99. The summed E-state index contributed by atoms with van der Waals surface area (Å²) in [5.74, 6) is 0. The molecular weight excluding hydrogens is 172 g/mol. The van der Waals surface area contributed by atoms with Gasteiger partial charge >= 0.3 is 0 Å². The first kappa shape index (κ1) is 12.0. The van der Waals surface area contributed by atoms with Crippen LogP contribution in [0.3, 0.4) is 0 Å². The molecule has 1 saturated carbocycles. The molecule has 0 aliphatic heterocycles. The van der Waals surface area contributed by atoms with Crippen LogP contribution in [0.25, 0.3) is 0 Å². The normalized spacial score (nSPS) is 21.2. The fourth-order valence-corrected chi connectivity index (χ4v) is 2.15. The number of rotatable bonds is 7. The fourth-order valence-electron chi connectivity index (χ4n) is 2.15. The maximum absolute atomic E-state index is 3.32. The van der Waals surface area contributed by atoms with E-state index < -0.39 is 0 Å². The van der Waals surface area contributed by atoms with E-state index in [4.69, 9.17) is 0 Å². The van der Waals surface area contributed by atoms with Crippen LogP contribution < -0.4 is 5.32 Å². The van der Waals surface area contributed by atoms with Crippen molar-refractivity contribution in [1.82, 2.24) is 10.2 Å². The lowest BCUT2D eigenvalue weighted by atomic mass is 9.86. The summed E-state index contributed by atoms with van der Waals surface area (Å²) in [6.07, 6.45) is 4.11. The zero-order chi connectivity index (χ0) is 10.6. The molecule has 0 spiro atoms. The molecule has 1 unspecified atom stereocenters. The minimum absolute atomic E-state index is 0.452. The smallest absolute Gasteiger partial charge is 0.00965 e. The quantitative estimate of drug-likeness (QED) is 0.674. The topological polar surface area (TPSA) is 15.3 Å². The first-order valence-electron chi connectivity index (χ1n) is 6.04. The van der Waals surface area contributed by atoms with E-state index in [9.17, 15) is 0 Å². The van der Waals surface area contributed by atoms with Crippen LogP contribution in [0.5, 0.6) is 0 Å². The van der Waals surface area contributed by atoms with Gasteiger partial charge in [0.1, 0.15) is 0 Å². The zero-order valence-electron chi connectivity index (χ0n) is 10.3. The summed E-state index contributed by atoms with van der Waals surface area (Å²) in [6, 6.07) is 0.905. The molecule has 2 nitrogen and oxygen atoms in total. The molecule has 0 aromatic heterocycles. The summed E-state index contributed by atoms with van der Waals surface area (Å²) < 4.78 is 0. The van der Waals surface area contributed by atoms with Crippen molar-refractivity contribution >= 4 is 0 Å². The first-order chi connectivity index (χ1) is 6.65. The van der Waals surface area contributed by atoms with Gasteiger partial charge in [-0.25, -0.2) is 0 Å². The van der Waals surface area contributed by atoms with Crippen LogP contribution in [0.1, 0.15) is 40.0 Å². The predicted octanol–water partition coefficient (Wildman–Crippen LogP) is 2.11. The van der Waals surface area contributed by atoms with E-state index in [0.29, 0.717) is 5.41 Å². The molecule has 0 radical (unpaired) electrons. The summed E-state index contributed by atoms with van der Waals surface area (Å²) in [5, 5.41) is 3.32. The lowest BCUT2D eigenvalue weighted by molar-refractivity contribution is 0.156. The van der Waals surface area contributed by atoms with Crippen molar-refractivity contribution in [2.75, 3.05) is 26.7 Å². The van der Waals surface area contributed by atoms with Crippen molar-refractivity contribution in [2.45, 2.75) is 46.1 Å². The molecule has 0 aromatic carbocycles. The molecule has 1 aliphatic rings. The van der Waals surface area contributed by atoms with Crippen molar-refractivity contribution in [3.8, 4) is 0 Å². The van der Waals surface area contributed by atoms with Gasteiger partial charge < -0.3 is 10.2 Å². The van der Waals surface area contributed by atoms with E-state index in [1.165, 1.54) is 32.4 Å². The molecule has 0 saturated heterocycles. The van der Waals surface area contributed by atoms with Gasteiger partial charge in [0.05, 0.1) is 0 Å². The molecule has 1 rings (SSSR count). The molecule has 1 N–H and O–H groups in total. The summed E-state index contributed by atoms with van der Waals surface area (Å²) in [5.41, 5.74) is 0.452. The van der Waals surface area contributed by atoms with Crippen molar-refractivity contribution in [3.63, 3.8) is 0 Å². The lowest BCUT2D eigenvalue weighted by Crippen LogP contribution is -2.42. The van der Waals surface area contributed by atoms with Crippen LogP contribution >= 0.6 is 0 Å². The van der Waals surface area contributed by atoms with Crippen LogP contribution in [0.2, 0.25) is 0 Å². The number of hydrogen-bond acceptors (Lipinski definition) is 2. The van der Waals surface area contributed by atoms with Gasteiger partial charge in [0.25, 0.3) is 0 Å². The van der Waals surface area contributed by atoms with E-state index in [1.54, 1.807) is 0 Å². The molecule has 1 aliphatic carbocycles. The minimum atomic E-state index is 0.452. The second kappa shape index (κ2) is 5.13. The van der Waals surface area contributed by atoms with Gasteiger partial charge in [0.15, 0.2) is 0 Å². The van der Waals surface area contributed by atoms with E-state index in [0.717, 1.165) is 12.6 Å². The van der Waals surface area contributed by atoms with Gasteiger partial charge in [-0.2, -0.15) is 0 Å². The first-order valence-corrected chi connectivity index (χ1v) is 6.04. The Morgan fingerprint density at radius 3 is 2.36 bits per heavy atom. The third-order valence-corrected chi connectivity index (χ3v) is 3.51. The Kier molecular flexibility index (Phi) is 4.39. The molecule has 1 atom stereocenters. The maximum Gasteiger partial charge on any atom is 0.00965 e. The molecule has 84 valence electrons. The van der Waals surface area contributed by atoms with E-state index in [1.807, 2.05) is 0 Å². The number of hydrogen-bond donors (Lipinski definition) is 1. The standard InChI is InChI=1S/C12H26N2/c1-5-12(3,9-13-4)10-14(6-2)11-7-8-11/h11,13H,5-10H2,1-4H3. The van der Waals surface area contributed by atoms with Gasteiger partial charge in [0, 0.05) is 19.1 Å². The van der Waals surface area contributed by atoms with E-state index in [-0.39, 0.29) is 0 Å². The zero-order valence-corrected chi connectivity index (χ0v) is 10.3. The van der Waals surface area contributed by atoms with Crippen molar-refractivity contribution < 1.29 is 0 Å². The van der Waals surface area contributed by atoms with Gasteiger partial charge in [-0.1, -0.05) is 20.8 Å². The Balaban J connectivity index is 2.43. The molecule has 0 amide bonds. The van der Waals surface area contributed by atoms with Crippen LogP contribution in [0, 0.1) is 5.41 Å². The van der Waals surface area contributed by atoms with Gasteiger partial charge in [0.2, 0.25) is 0 Å². The molecule has 0 bridgehead atoms. The monoisotopic (exact) mass is 198 g/mol. The van der Waals surface area contributed by atoms with Gasteiger partial charge in [-0.15, -0.1) is 0 Å². The SMILES string of the molecule is CCN(CC(C)(CC)CNC)C1CC1. The highest BCUT2D eigenvalue weighted by atomic mass is 15.2. The summed E-state index contributed by atoms with van der Waals surface area (Å²) >= 11 is 0. The Bertz CT molecular complexity index is 166. The Labute approximate surface area is 89.1 Å². The minimum Gasteiger partial charge on any atom is -0.319 e.